The van der Waals surface area contributed by atoms with Gasteiger partial charge in [-0.3, -0.25) is 14.9 Å². The molecular formula is C20H15N5O8. The number of hydrogen-bond acceptors (Lipinski definition) is 9. The summed E-state index contributed by atoms with van der Waals surface area (Å²) < 4.78 is 11.4. The summed E-state index contributed by atoms with van der Waals surface area (Å²) in [5.74, 6) is -0.628. The number of benzene rings is 2. The molecule has 0 saturated heterocycles. The van der Waals surface area contributed by atoms with Crippen molar-refractivity contribution >= 4 is 11.7 Å². The van der Waals surface area contributed by atoms with Gasteiger partial charge in [0.2, 0.25) is 0 Å². The Bertz CT molecular complexity index is 1470. The second kappa shape index (κ2) is 9.02. The average molecular weight is 453 g/mol. The van der Waals surface area contributed by atoms with Gasteiger partial charge in [0.15, 0.2) is 0 Å². The Morgan fingerprint density at radius 2 is 1.70 bits per heavy atom. The molecule has 3 aromatic rings. The highest BCUT2D eigenvalue weighted by Gasteiger charge is 2.24. The number of rotatable bonds is 6. The van der Waals surface area contributed by atoms with E-state index in [0.717, 1.165) is 26.3 Å². The van der Waals surface area contributed by atoms with Crippen LogP contribution in [0.3, 0.4) is 0 Å². The third-order valence-corrected chi connectivity index (χ3v) is 4.54. The molecule has 13 heteroatoms. The summed E-state index contributed by atoms with van der Waals surface area (Å²) in [5.41, 5.74) is -4.24. The maximum atomic E-state index is 12.9. The lowest BCUT2D eigenvalue weighted by Crippen LogP contribution is -2.53. The maximum Gasteiger partial charge on any atom is 0.341 e. The molecule has 168 valence electrons. The lowest BCUT2D eigenvalue weighted by atomic mass is 10.2. The fraction of sp³-hybridized carbons (Fsp3) is 0.150. The minimum absolute atomic E-state index is 0.0278. The van der Waals surface area contributed by atoms with E-state index in [4.69, 9.17) is 10.00 Å². The Kier molecular flexibility index (Phi) is 6.20. The van der Waals surface area contributed by atoms with Crippen LogP contribution in [0.1, 0.15) is 5.56 Å². The van der Waals surface area contributed by atoms with Crippen molar-refractivity contribution in [2.24, 2.45) is 7.05 Å². The molecule has 3 rings (SSSR count). The summed E-state index contributed by atoms with van der Waals surface area (Å²) in [6.45, 7) is -0.808. The first-order valence-corrected chi connectivity index (χ1v) is 9.14. The molecule has 0 fully saturated rings. The van der Waals surface area contributed by atoms with Crippen molar-refractivity contribution < 1.29 is 19.2 Å². The first-order chi connectivity index (χ1) is 15.7. The van der Waals surface area contributed by atoms with Gasteiger partial charge in [-0.25, -0.2) is 28.1 Å². The van der Waals surface area contributed by atoms with Gasteiger partial charge in [0.25, 0.3) is 5.69 Å². The smallest absolute Gasteiger partial charge is 0.341 e. The second-order valence-corrected chi connectivity index (χ2v) is 6.55. The van der Waals surface area contributed by atoms with Crippen molar-refractivity contribution in [2.75, 3.05) is 7.11 Å². The van der Waals surface area contributed by atoms with Gasteiger partial charge in [-0.2, -0.15) is 5.26 Å². The Morgan fingerprint density at radius 1 is 1.06 bits per heavy atom. The summed E-state index contributed by atoms with van der Waals surface area (Å²) >= 11 is 0. The van der Waals surface area contributed by atoms with E-state index in [0.29, 0.717) is 19.3 Å². The van der Waals surface area contributed by atoms with Gasteiger partial charge in [-0.15, -0.1) is 0 Å². The first-order valence-electron chi connectivity index (χ1n) is 9.14. The van der Waals surface area contributed by atoms with Crippen molar-refractivity contribution in [1.29, 1.82) is 5.26 Å². The van der Waals surface area contributed by atoms with E-state index in [9.17, 15) is 29.3 Å². The predicted octanol–water partition coefficient (Wildman–Crippen LogP) is 0.443. The van der Waals surface area contributed by atoms with Crippen molar-refractivity contribution in [3.8, 4) is 23.3 Å². The number of nitro groups is 1. The van der Waals surface area contributed by atoms with E-state index in [1.54, 1.807) is 0 Å². The van der Waals surface area contributed by atoms with Crippen LogP contribution in [0, 0.1) is 21.4 Å². The molecule has 0 aliphatic heterocycles. The number of carbonyl (C=O) groups excluding carboxylic acids is 1. The molecule has 0 radical (unpaired) electrons. The van der Waals surface area contributed by atoms with Gasteiger partial charge in [-0.1, -0.05) is 0 Å². The molecule has 33 heavy (non-hydrogen) atoms. The predicted molar refractivity (Wildman–Crippen MR) is 111 cm³/mol. The Balaban J connectivity index is 2.23. The van der Waals surface area contributed by atoms with Crippen LogP contribution in [0.4, 0.5) is 5.69 Å². The van der Waals surface area contributed by atoms with E-state index in [-0.39, 0.29) is 11.5 Å². The van der Waals surface area contributed by atoms with Crippen LogP contribution in [0.5, 0.6) is 11.5 Å². The molecule has 0 amide bonds. The van der Waals surface area contributed by atoms with Gasteiger partial charge < -0.3 is 9.47 Å². The van der Waals surface area contributed by atoms with Crippen LogP contribution in [0.15, 0.2) is 56.8 Å². The van der Waals surface area contributed by atoms with Gasteiger partial charge in [0.05, 0.1) is 23.7 Å². The molecule has 0 aliphatic carbocycles. The maximum absolute atomic E-state index is 12.9. The molecule has 0 atom stereocenters. The number of carbonyl (C=O) groups is 1. The number of hydrogen-bond donors (Lipinski definition) is 0. The molecule has 0 spiro atoms. The molecular weight excluding hydrogens is 438 g/mol. The highest BCUT2D eigenvalue weighted by atomic mass is 16.6. The Morgan fingerprint density at radius 3 is 2.27 bits per heavy atom. The van der Waals surface area contributed by atoms with Crippen LogP contribution in [-0.2, 0) is 23.1 Å². The Labute approximate surface area is 184 Å². The number of nitro benzene ring substituents is 1. The molecule has 0 bridgehead atoms. The number of nitriles is 1. The average Bonchev–Trinajstić information content (AvgIpc) is 2.81. The number of ether oxygens (including phenoxy) is 2. The zero-order chi connectivity index (χ0) is 24.3. The number of methoxy groups -OCH3 is 1. The van der Waals surface area contributed by atoms with Gasteiger partial charge in [0, 0.05) is 19.2 Å². The lowest BCUT2D eigenvalue weighted by Gasteiger charge is -2.13. The fourth-order valence-corrected chi connectivity index (χ4v) is 2.87. The largest absolute Gasteiger partial charge is 0.468 e. The van der Waals surface area contributed by atoms with Crippen LogP contribution >= 0.6 is 0 Å². The standard InChI is InChI=1S/C20H15N5O8/c1-22-18(27)23(11-17(26)32-2)20(29)24(19(22)28)16-9-14(7-8-15(16)25(30)31)33-13-5-3-12(10-21)4-6-13/h3-9H,11H2,1-2H3. The highest BCUT2D eigenvalue weighted by molar-refractivity contribution is 5.68. The van der Waals surface area contributed by atoms with Crippen LogP contribution in [-0.4, -0.2) is 31.7 Å². The molecule has 0 saturated carbocycles. The quantitative estimate of drug-likeness (QED) is 0.292. The summed E-state index contributed by atoms with van der Waals surface area (Å²) in [4.78, 5) is 60.4. The van der Waals surface area contributed by atoms with E-state index >= 15 is 0 Å². The molecule has 0 unspecified atom stereocenters. The van der Waals surface area contributed by atoms with Crippen molar-refractivity contribution in [2.45, 2.75) is 6.54 Å². The SMILES string of the molecule is COC(=O)Cn1c(=O)n(C)c(=O)n(-c2cc(Oc3ccc(C#N)cc3)ccc2[N+](=O)[O-])c1=O. The van der Waals surface area contributed by atoms with Crippen LogP contribution in [0.25, 0.3) is 5.69 Å². The summed E-state index contributed by atoms with van der Waals surface area (Å²) in [6.07, 6.45) is 0. The monoisotopic (exact) mass is 453 g/mol. The highest BCUT2D eigenvalue weighted by Crippen LogP contribution is 2.29. The summed E-state index contributed by atoms with van der Waals surface area (Å²) in [5, 5.41) is 20.5. The zero-order valence-corrected chi connectivity index (χ0v) is 17.3. The molecule has 13 nitrogen and oxygen atoms in total. The fourth-order valence-electron chi connectivity index (χ4n) is 2.87. The van der Waals surface area contributed by atoms with Gasteiger partial charge in [-0.05, 0) is 30.3 Å². The summed E-state index contributed by atoms with van der Waals surface area (Å²) in [6, 6.07) is 11.3. The Hall–Kier alpha value is -4.99. The van der Waals surface area contributed by atoms with E-state index in [1.807, 2.05) is 6.07 Å². The molecule has 2 aromatic carbocycles. The zero-order valence-electron chi connectivity index (χ0n) is 17.3. The minimum atomic E-state index is -1.27. The van der Waals surface area contributed by atoms with Crippen LogP contribution < -0.4 is 21.8 Å². The summed E-state index contributed by atoms with van der Waals surface area (Å²) in [7, 11) is 2.10. The number of aromatic nitrogens is 3. The molecule has 0 N–H and O–H groups in total. The molecule has 1 aromatic heterocycles. The normalized spacial score (nSPS) is 10.3. The van der Waals surface area contributed by atoms with Crippen LogP contribution in [0.2, 0.25) is 0 Å². The number of esters is 1. The third-order valence-electron chi connectivity index (χ3n) is 4.54. The lowest BCUT2D eigenvalue weighted by molar-refractivity contribution is -0.384. The van der Waals surface area contributed by atoms with Gasteiger partial charge >= 0.3 is 23.0 Å². The minimum Gasteiger partial charge on any atom is -0.468 e. The van der Waals surface area contributed by atoms with E-state index in [2.05, 4.69) is 4.74 Å². The van der Waals surface area contributed by atoms with Crippen molar-refractivity contribution in [3.63, 3.8) is 0 Å². The van der Waals surface area contributed by atoms with Crippen molar-refractivity contribution in [3.05, 3.63) is 89.6 Å². The first kappa shape index (κ1) is 22.7. The van der Waals surface area contributed by atoms with Gasteiger partial charge in [0.1, 0.15) is 23.7 Å². The number of nitrogens with zero attached hydrogens (tertiary/aromatic N) is 5. The topological polar surface area (TPSA) is 168 Å². The van der Waals surface area contributed by atoms with E-state index in [1.165, 1.54) is 30.3 Å². The molecule has 0 aliphatic rings. The molecule has 1 heterocycles. The van der Waals surface area contributed by atoms with Crippen molar-refractivity contribution in [1.82, 2.24) is 13.7 Å². The van der Waals surface area contributed by atoms with E-state index < -0.39 is 45.9 Å². The third kappa shape index (κ3) is 4.39. The second-order valence-electron chi connectivity index (χ2n) is 6.55.